The van der Waals surface area contributed by atoms with Crippen molar-refractivity contribution in [2.24, 2.45) is 35.5 Å². The number of benzene rings is 1. The van der Waals surface area contributed by atoms with E-state index in [2.05, 4.69) is 12.2 Å². The smallest absolute Gasteiger partial charge is 0.238 e. The zero-order valence-electron chi connectivity index (χ0n) is 12.3. The number of ether oxygens (including phenoxy) is 1. The number of carbonyl (C=O) groups excluding carboxylic acids is 2. The first-order chi connectivity index (χ1) is 10.7. The van der Waals surface area contributed by atoms with Crippen molar-refractivity contribution in [1.29, 1.82) is 0 Å². The molecule has 6 rings (SSSR count). The lowest BCUT2D eigenvalue weighted by molar-refractivity contribution is -0.124. The van der Waals surface area contributed by atoms with Crippen LogP contribution in [0.4, 0.5) is 5.69 Å². The van der Waals surface area contributed by atoms with Crippen LogP contribution in [0.25, 0.3) is 0 Å². The van der Waals surface area contributed by atoms with Crippen molar-refractivity contribution in [2.45, 2.75) is 6.42 Å². The van der Waals surface area contributed by atoms with E-state index < -0.39 is 0 Å². The van der Waals surface area contributed by atoms with Crippen molar-refractivity contribution in [3.63, 3.8) is 0 Å². The van der Waals surface area contributed by atoms with Gasteiger partial charge in [0.2, 0.25) is 11.8 Å². The lowest BCUT2D eigenvalue weighted by Gasteiger charge is -2.37. The molecule has 2 saturated carbocycles. The summed E-state index contributed by atoms with van der Waals surface area (Å²) in [7, 11) is 1.57. The molecule has 1 saturated heterocycles. The summed E-state index contributed by atoms with van der Waals surface area (Å²) in [5, 5.41) is 0. The first kappa shape index (κ1) is 12.4. The van der Waals surface area contributed by atoms with Crippen LogP contribution in [-0.2, 0) is 9.59 Å². The van der Waals surface area contributed by atoms with Crippen LogP contribution in [-0.4, -0.2) is 18.9 Å². The normalized spacial score (nSPS) is 40.7. The number of allylic oxidation sites excluding steroid dienone is 2. The summed E-state index contributed by atoms with van der Waals surface area (Å²) in [4.78, 5) is 27.4. The molecule has 22 heavy (non-hydrogen) atoms. The maximum Gasteiger partial charge on any atom is 0.238 e. The highest BCUT2D eigenvalue weighted by atomic mass is 16.5. The molecule has 1 aromatic carbocycles. The first-order valence-electron chi connectivity index (χ1n) is 7.91. The molecule has 1 heterocycles. The minimum atomic E-state index is -0.156. The number of methoxy groups -OCH3 is 1. The molecule has 1 aromatic rings. The summed E-state index contributed by atoms with van der Waals surface area (Å²) in [6.07, 6.45) is 5.57. The number of anilines is 1. The van der Waals surface area contributed by atoms with E-state index in [0.29, 0.717) is 23.3 Å². The molecule has 2 amide bonds. The summed E-state index contributed by atoms with van der Waals surface area (Å²) >= 11 is 0. The van der Waals surface area contributed by atoms with E-state index in [1.807, 2.05) is 12.1 Å². The number of nitrogens with zero attached hydrogens (tertiary/aromatic N) is 1. The maximum absolute atomic E-state index is 13.0. The molecule has 1 aliphatic heterocycles. The Kier molecular flexibility index (Phi) is 2.26. The molecule has 0 aromatic heterocycles. The number of amides is 2. The summed E-state index contributed by atoms with van der Waals surface area (Å²) in [5.74, 6) is 1.97. The van der Waals surface area contributed by atoms with E-state index in [9.17, 15) is 9.59 Å². The lowest BCUT2D eigenvalue weighted by Crippen LogP contribution is -2.40. The van der Waals surface area contributed by atoms with Gasteiger partial charge in [0, 0.05) is 0 Å². The highest BCUT2D eigenvalue weighted by Gasteiger charge is 2.67. The molecule has 4 aliphatic carbocycles. The molecule has 6 atom stereocenters. The van der Waals surface area contributed by atoms with Gasteiger partial charge in [0.05, 0.1) is 24.6 Å². The maximum atomic E-state index is 13.0. The number of rotatable bonds is 2. The Labute approximate surface area is 128 Å². The molecule has 0 spiro atoms. The molecular formula is C18H17NO3. The SMILES string of the molecule is COc1ccccc1N1C(=O)[C@@H]2[C@@H]3C=C[C@H]([C@@H]4C[C@H]34)[C@H]2C1=O. The van der Waals surface area contributed by atoms with Gasteiger partial charge in [0.1, 0.15) is 5.75 Å². The van der Waals surface area contributed by atoms with Gasteiger partial charge < -0.3 is 4.74 Å². The van der Waals surface area contributed by atoms with Crippen molar-refractivity contribution in [3.05, 3.63) is 36.4 Å². The average Bonchev–Trinajstić information content (AvgIpc) is 3.32. The van der Waals surface area contributed by atoms with Crippen molar-refractivity contribution >= 4 is 17.5 Å². The summed E-state index contributed by atoms with van der Waals surface area (Å²) in [6.45, 7) is 0. The van der Waals surface area contributed by atoms with E-state index in [4.69, 9.17) is 4.74 Å². The van der Waals surface area contributed by atoms with Gasteiger partial charge in [-0.25, -0.2) is 4.90 Å². The molecule has 0 N–H and O–H groups in total. The monoisotopic (exact) mass is 295 g/mol. The fourth-order valence-corrected chi connectivity index (χ4v) is 5.01. The molecule has 4 heteroatoms. The van der Waals surface area contributed by atoms with Crippen LogP contribution in [0.1, 0.15) is 6.42 Å². The second-order valence-electron chi connectivity index (χ2n) is 6.84. The van der Waals surface area contributed by atoms with E-state index in [-0.39, 0.29) is 35.5 Å². The predicted molar refractivity (Wildman–Crippen MR) is 80.2 cm³/mol. The van der Waals surface area contributed by atoms with Gasteiger partial charge in [-0.2, -0.15) is 0 Å². The van der Waals surface area contributed by atoms with E-state index in [1.54, 1.807) is 19.2 Å². The van der Waals surface area contributed by atoms with Crippen molar-refractivity contribution in [3.8, 4) is 5.75 Å². The number of hydrogen-bond acceptors (Lipinski definition) is 3. The van der Waals surface area contributed by atoms with Gasteiger partial charge in [-0.3, -0.25) is 9.59 Å². The van der Waals surface area contributed by atoms with Gasteiger partial charge in [-0.1, -0.05) is 24.3 Å². The van der Waals surface area contributed by atoms with Crippen LogP contribution in [0.15, 0.2) is 36.4 Å². The van der Waals surface area contributed by atoms with E-state index in [1.165, 1.54) is 11.3 Å². The van der Waals surface area contributed by atoms with E-state index >= 15 is 0 Å². The van der Waals surface area contributed by atoms with Crippen LogP contribution in [0.3, 0.4) is 0 Å². The second kappa shape index (κ2) is 4.00. The number of carbonyl (C=O) groups is 2. The number of para-hydroxylation sites is 2. The van der Waals surface area contributed by atoms with Crippen LogP contribution >= 0.6 is 0 Å². The van der Waals surface area contributed by atoms with E-state index in [0.717, 1.165) is 0 Å². The molecule has 4 nitrogen and oxygen atoms in total. The highest BCUT2D eigenvalue weighted by molar-refractivity contribution is 6.23. The zero-order valence-corrected chi connectivity index (χ0v) is 12.3. The summed E-state index contributed by atoms with van der Waals surface area (Å²) in [6, 6.07) is 7.27. The Morgan fingerprint density at radius 3 is 2.18 bits per heavy atom. The van der Waals surface area contributed by atoms with Gasteiger partial charge >= 0.3 is 0 Å². The fraction of sp³-hybridized carbons (Fsp3) is 0.444. The molecule has 112 valence electrons. The van der Waals surface area contributed by atoms with Crippen LogP contribution in [0.2, 0.25) is 0 Å². The third-order valence-electron chi connectivity index (χ3n) is 5.99. The predicted octanol–water partition coefficient (Wildman–Crippen LogP) is 2.25. The molecule has 5 aliphatic rings. The summed E-state index contributed by atoms with van der Waals surface area (Å²) in [5.41, 5.74) is 0.586. The quantitative estimate of drug-likeness (QED) is 0.621. The highest BCUT2D eigenvalue weighted by Crippen LogP contribution is 2.65. The van der Waals surface area contributed by atoms with Crippen LogP contribution < -0.4 is 9.64 Å². The molecule has 2 bridgehead atoms. The first-order valence-corrected chi connectivity index (χ1v) is 7.91. The van der Waals surface area contributed by atoms with Crippen LogP contribution in [0, 0.1) is 35.5 Å². The average molecular weight is 295 g/mol. The Balaban J connectivity index is 1.60. The van der Waals surface area contributed by atoms with Crippen molar-refractivity contribution < 1.29 is 14.3 Å². The lowest BCUT2D eigenvalue weighted by atomic mass is 9.63. The Hall–Kier alpha value is -2.10. The Morgan fingerprint density at radius 1 is 1.00 bits per heavy atom. The molecule has 0 unspecified atom stereocenters. The van der Waals surface area contributed by atoms with Gasteiger partial charge in [-0.05, 0) is 42.2 Å². The topological polar surface area (TPSA) is 46.6 Å². The van der Waals surface area contributed by atoms with Gasteiger partial charge in [-0.15, -0.1) is 0 Å². The van der Waals surface area contributed by atoms with Crippen LogP contribution in [0.5, 0.6) is 5.75 Å². The molecular weight excluding hydrogens is 278 g/mol. The Morgan fingerprint density at radius 2 is 1.59 bits per heavy atom. The third kappa shape index (κ3) is 1.33. The van der Waals surface area contributed by atoms with Crippen molar-refractivity contribution in [1.82, 2.24) is 0 Å². The zero-order chi connectivity index (χ0) is 15.0. The summed E-state index contributed by atoms with van der Waals surface area (Å²) < 4.78 is 5.35. The minimum absolute atomic E-state index is 0.0378. The van der Waals surface area contributed by atoms with Gasteiger partial charge in [0.15, 0.2) is 0 Å². The van der Waals surface area contributed by atoms with Crippen molar-refractivity contribution in [2.75, 3.05) is 12.0 Å². The van der Waals surface area contributed by atoms with Gasteiger partial charge in [0.25, 0.3) is 0 Å². The molecule has 0 radical (unpaired) electrons. The fourth-order valence-electron chi connectivity index (χ4n) is 5.01. The second-order valence-corrected chi connectivity index (χ2v) is 6.84. The number of imide groups is 1. The molecule has 3 fully saturated rings. The standard InChI is InChI=1S/C18H17NO3/c1-22-14-5-3-2-4-13(14)19-17(20)15-9-6-7-10(12-8-11(9)12)16(15)18(19)21/h2-7,9-12,15-16H,8H2,1H3/t9-,10-,11-,12+,15-,16-/m1/s1. The minimum Gasteiger partial charge on any atom is -0.495 e. The number of hydrogen-bond donors (Lipinski definition) is 0. The Bertz CT molecular complexity index is 689. The third-order valence-corrected chi connectivity index (χ3v) is 5.99. The largest absolute Gasteiger partial charge is 0.495 e.